The molecular weight excluding hydrogens is 252 g/mol. The molecule has 0 saturated carbocycles. The first-order chi connectivity index (χ1) is 9.78. The molecule has 0 fully saturated rings. The highest BCUT2D eigenvalue weighted by atomic mass is 16.5. The average molecular weight is 262 g/mol. The maximum Gasteiger partial charge on any atom is 0.237 e. The lowest BCUT2D eigenvalue weighted by molar-refractivity contribution is 0.465. The second-order valence-electron chi connectivity index (χ2n) is 4.15. The maximum absolute atomic E-state index is 8.68. The fourth-order valence-electron chi connectivity index (χ4n) is 1.92. The highest BCUT2D eigenvalue weighted by Crippen LogP contribution is 2.32. The van der Waals surface area contributed by atoms with Crippen LogP contribution in [0.25, 0.3) is 10.8 Å². The summed E-state index contributed by atoms with van der Waals surface area (Å²) in [7, 11) is 0. The summed E-state index contributed by atoms with van der Waals surface area (Å²) in [5.74, 6) is 0.979. The van der Waals surface area contributed by atoms with Crippen LogP contribution in [-0.4, -0.2) is 9.97 Å². The van der Waals surface area contributed by atoms with Crippen LogP contribution in [0.4, 0.5) is 5.69 Å². The molecule has 1 heterocycles. The summed E-state index contributed by atoms with van der Waals surface area (Å²) in [6, 6.07) is 13.2. The molecule has 20 heavy (non-hydrogen) atoms. The van der Waals surface area contributed by atoms with Crippen molar-refractivity contribution in [1.29, 1.82) is 5.26 Å². The predicted molar refractivity (Wildman–Crippen MR) is 75.2 cm³/mol. The lowest BCUT2D eigenvalue weighted by Gasteiger charge is -2.09. The smallest absolute Gasteiger partial charge is 0.237 e. The van der Waals surface area contributed by atoms with Gasteiger partial charge in [-0.1, -0.05) is 24.3 Å². The molecule has 2 aromatic carbocycles. The van der Waals surface area contributed by atoms with Gasteiger partial charge in [-0.3, -0.25) is 0 Å². The van der Waals surface area contributed by atoms with Gasteiger partial charge in [-0.15, -0.1) is 0 Å². The molecule has 0 aliphatic carbocycles. The number of nitrogens with zero attached hydrogens (tertiary/aromatic N) is 3. The minimum absolute atomic E-state index is 0.250. The van der Waals surface area contributed by atoms with Crippen LogP contribution in [0.15, 0.2) is 48.8 Å². The Hall–Kier alpha value is -3.13. The van der Waals surface area contributed by atoms with Gasteiger partial charge in [0.1, 0.15) is 11.8 Å². The number of hydrogen-bond donors (Lipinski definition) is 1. The van der Waals surface area contributed by atoms with Crippen molar-refractivity contribution in [2.75, 3.05) is 5.73 Å². The Morgan fingerprint density at radius 3 is 2.50 bits per heavy atom. The molecule has 0 radical (unpaired) electrons. The Balaban J connectivity index is 2.02. The van der Waals surface area contributed by atoms with Gasteiger partial charge in [0.25, 0.3) is 0 Å². The number of nitrogens with two attached hydrogens (primary N) is 1. The second-order valence-corrected chi connectivity index (χ2v) is 4.15. The Morgan fingerprint density at radius 1 is 1.00 bits per heavy atom. The first-order valence-corrected chi connectivity index (χ1v) is 5.95. The summed E-state index contributed by atoms with van der Waals surface area (Å²) >= 11 is 0. The van der Waals surface area contributed by atoms with E-state index >= 15 is 0 Å². The van der Waals surface area contributed by atoms with Gasteiger partial charge in [0.05, 0.1) is 12.4 Å². The molecule has 1 aromatic heterocycles. The summed E-state index contributed by atoms with van der Waals surface area (Å²) in [4.78, 5) is 7.95. The second kappa shape index (κ2) is 4.86. The van der Waals surface area contributed by atoms with E-state index in [1.165, 1.54) is 12.4 Å². The molecule has 3 rings (SSSR count). The first-order valence-electron chi connectivity index (χ1n) is 5.95. The van der Waals surface area contributed by atoms with Gasteiger partial charge in [-0.25, -0.2) is 9.97 Å². The van der Waals surface area contributed by atoms with Crippen molar-refractivity contribution in [3.8, 4) is 17.7 Å². The molecule has 0 aliphatic heterocycles. The van der Waals surface area contributed by atoms with Gasteiger partial charge in [-0.05, 0) is 12.1 Å². The molecule has 2 N–H and O–H groups in total. The molecule has 0 atom stereocenters. The quantitative estimate of drug-likeness (QED) is 0.718. The topological polar surface area (TPSA) is 84.8 Å². The number of rotatable bonds is 2. The van der Waals surface area contributed by atoms with Gasteiger partial charge in [0, 0.05) is 16.5 Å². The Kier molecular flexibility index (Phi) is 2.90. The summed E-state index contributed by atoms with van der Waals surface area (Å²) < 4.78 is 5.71. The number of fused-ring (bicyclic) bond motifs is 1. The molecular formula is C15H10N4O. The number of aromatic nitrogens is 2. The first kappa shape index (κ1) is 11.9. The van der Waals surface area contributed by atoms with Crippen LogP contribution in [0.3, 0.4) is 0 Å². The van der Waals surface area contributed by atoms with Crippen molar-refractivity contribution < 1.29 is 4.74 Å². The van der Waals surface area contributed by atoms with E-state index in [2.05, 4.69) is 9.97 Å². The van der Waals surface area contributed by atoms with E-state index in [9.17, 15) is 0 Å². The molecule has 5 nitrogen and oxygen atoms in total. The lowest BCUT2D eigenvalue weighted by Crippen LogP contribution is -1.93. The average Bonchev–Trinajstić information content (AvgIpc) is 2.51. The van der Waals surface area contributed by atoms with Crippen LogP contribution in [-0.2, 0) is 0 Å². The third-order valence-electron chi connectivity index (χ3n) is 2.88. The SMILES string of the molecule is N#Cc1cnc(Oc2ccc(N)c3ccccc23)cn1. The molecule has 96 valence electrons. The summed E-state index contributed by atoms with van der Waals surface area (Å²) in [5, 5.41) is 10.5. The van der Waals surface area contributed by atoms with E-state index < -0.39 is 0 Å². The third-order valence-corrected chi connectivity index (χ3v) is 2.88. The zero-order valence-corrected chi connectivity index (χ0v) is 10.4. The largest absolute Gasteiger partial charge is 0.437 e. The molecule has 5 heteroatoms. The van der Waals surface area contributed by atoms with Crippen LogP contribution in [0, 0.1) is 11.3 Å². The third kappa shape index (κ3) is 2.10. The standard InChI is InChI=1S/C15H10N4O/c16-7-10-8-19-15(9-18-10)20-14-6-5-13(17)11-3-1-2-4-12(11)14/h1-6,8-9H,17H2. The predicted octanol–water partition coefficient (Wildman–Crippen LogP) is 2.88. The van der Waals surface area contributed by atoms with Crippen LogP contribution in [0.5, 0.6) is 11.6 Å². The zero-order chi connectivity index (χ0) is 13.9. The van der Waals surface area contributed by atoms with Crippen LogP contribution in [0.1, 0.15) is 5.69 Å². The zero-order valence-electron chi connectivity index (χ0n) is 10.4. The number of benzene rings is 2. The highest BCUT2D eigenvalue weighted by Gasteiger charge is 2.06. The summed E-state index contributed by atoms with van der Waals surface area (Å²) in [6.45, 7) is 0. The van der Waals surface area contributed by atoms with E-state index in [-0.39, 0.29) is 5.69 Å². The van der Waals surface area contributed by atoms with Crippen LogP contribution < -0.4 is 10.5 Å². The monoisotopic (exact) mass is 262 g/mol. The van der Waals surface area contributed by atoms with E-state index in [0.717, 1.165) is 10.8 Å². The van der Waals surface area contributed by atoms with Gasteiger partial charge in [-0.2, -0.15) is 5.26 Å². The number of anilines is 1. The normalized spacial score (nSPS) is 10.2. The van der Waals surface area contributed by atoms with Crippen molar-refractivity contribution in [2.24, 2.45) is 0 Å². The highest BCUT2D eigenvalue weighted by molar-refractivity contribution is 5.97. The molecule has 0 spiro atoms. The van der Waals surface area contributed by atoms with Gasteiger partial charge < -0.3 is 10.5 Å². The molecule has 0 unspecified atom stereocenters. The van der Waals surface area contributed by atoms with Crippen molar-refractivity contribution in [3.63, 3.8) is 0 Å². The number of nitrogen functional groups attached to an aromatic ring is 1. The van der Waals surface area contributed by atoms with Crippen molar-refractivity contribution in [3.05, 3.63) is 54.5 Å². The van der Waals surface area contributed by atoms with Crippen molar-refractivity contribution >= 4 is 16.5 Å². The summed E-state index contributed by atoms with van der Waals surface area (Å²) in [6.07, 6.45) is 2.79. The lowest BCUT2D eigenvalue weighted by atomic mass is 10.1. The van der Waals surface area contributed by atoms with E-state index in [1.807, 2.05) is 30.3 Å². The fraction of sp³-hybridized carbons (Fsp3) is 0. The number of nitriles is 1. The molecule has 0 saturated heterocycles. The Morgan fingerprint density at radius 2 is 1.80 bits per heavy atom. The molecule has 0 amide bonds. The van der Waals surface area contributed by atoms with Gasteiger partial charge in [0.2, 0.25) is 5.88 Å². The fourth-order valence-corrected chi connectivity index (χ4v) is 1.92. The van der Waals surface area contributed by atoms with Gasteiger partial charge >= 0.3 is 0 Å². The Bertz CT molecular complexity index is 806. The molecule has 3 aromatic rings. The van der Waals surface area contributed by atoms with Gasteiger partial charge in [0.15, 0.2) is 5.69 Å². The van der Waals surface area contributed by atoms with Crippen LogP contribution >= 0.6 is 0 Å². The van der Waals surface area contributed by atoms with E-state index in [0.29, 0.717) is 17.3 Å². The number of hydrogen-bond acceptors (Lipinski definition) is 5. The molecule has 0 bridgehead atoms. The van der Waals surface area contributed by atoms with Crippen molar-refractivity contribution in [2.45, 2.75) is 0 Å². The maximum atomic E-state index is 8.68. The van der Waals surface area contributed by atoms with E-state index in [1.54, 1.807) is 12.1 Å². The minimum Gasteiger partial charge on any atom is -0.437 e. The minimum atomic E-state index is 0.250. The number of ether oxygens (including phenoxy) is 1. The van der Waals surface area contributed by atoms with E-state index in [4.69, 9.17) is 15.7 Å². The molecule has 0 aliphatic rings. The van der Waals surface area contributed by atoms with Crippen LogP contribution in [0.2, 0.25) is 0 Å². The van der Waals surface area contributed by atoms with Crippen molar-refractivity contribution in [1.82, 2.24) is 9.97 Å². The summed E-state index contributed by atoms with van der Waals surface area (Å²) in [5.41, 5.74) is 6.88. The Labute approximate surface area is 115 Å².